The van der Waals surface area contributed by atoms with Gasteiger partial charge in [-0.25, -0.2) is 0 Å². The van der Waals surface area contributed by atoms with E-state index in [1.54, 1.807) is 0 Å². The molecule has 16 heteroatoms. The lowest BCUT2D eigenvalue weighted by Crippen LogP contribution is -2.28. The third-order valence-electron chi connectivity index (χ3n) is 5.58. The van der Waals surface area contributed by atoms with Crippen LogP contribution in [0.4, 0.5) is 52.7 Å². The summed E-state index contributed by atoms with van der Waals surface area (Å²) in [6.45, 7) is -4.92. The van der Waals surface area contributed by atoms with Gasteiger partial charge in [-0.1, -0.05) is 0 Å². The van der Waals surface area contributed by atoms with Crippen molar-refractivity contribution in [2.24, 2.45) is 0 Å². The number of benzene rings is 2. The van der Waals surface area contributed by atoms with E-state index in [2.05, 4.69) is 0 Å². The molecule has 0 aliphatic carbocycles. The molecular weight excluding hydrogens is 589 g/mol. The monoisotopic (exact) mass is 597 g/mol. The van der Waals surface area contributed by atoms with Crippen LogP contribution in [0.5, 0.6) is 0 Å². The number of hydrogen-bond donors (Lipinski definition) is 0. The highest BCUT2D eigenvalue weighted by Crippen LogP contribution is 2.58. The second-order valence-corrected chi connectivity index (χ2v) is 11.4. The van der Waals surface area contributed by atoms with Crippen LogP contribution in [-0.4, -0.2) is 5.29 Å². The number of hydrogen-bond acceptors (Lipinski definition) is 3. The fourth-order valence-corrected chi connectivity index (χ4v) is 7.88. The highest BCUT2D eigenvalue weighted by molar-refractivity contribution is 7.93. The van der Waals surface area contributed by atoms with Gasteiger partial charge < -0.3 is 0 Å². The van der Waals surface area contributed by atoms with Crippen molar-refractivity contribution in [2.45, 2.75) is 24.7 Å². The van der Waals surface area contributed by atoms with Gasteiger partial charge in [-0.15, -0.1) is 0 Å². The van der Waals surface area contributed by atoms with Crippen molar-refractivity contribution in [2.75, 3.05) is 0 Å². The first-order valence-corrected chi connectivity index (χ1v) is 12.0. The number of rotatable bonds is 2. The van der Waals surface area contributed by atoms with Crippen LogP contribution >= 0.6 is 6.89 Å². The minimum atomic E-state index is -5.50. The number of halogens is 12. The van der Waals surface area contributed by atoms with Crippen molar-refractivity contribution in [3.05, 3.63) is 81.7 Å². The van der Waals surface area contributed by atoms with Crippen LogP contribution in [0, 0.1) is 34.0 Å². The summed E-state index contributed by atoms with van der Waals surface area (Å²) in [6.07, 6.45) is -20.8. The number of nitriles is 3. The van der Waals surface area contributed by atoms with Gasteiger partial charge in [0.25, 0.3) is 0 Å². The predicted octanol–water partition coefficient (Wildman–Crippen LogP) is 7.30. The molecule has 0 saturated carbocycles. The van der Waals surface area contributed by atoms with Crippen molar-refractivity contribution in [1.29, 1.82) is 15.8 Å². The van der Waals surface area contributed by atoms with E-state index in [0.29, 0.717) is 12.2 Å². The van der Waals surface area contributed by atoms with Crippen LogP contribution < -0.4 is 10.6 Å². The fraction of sp³-hybridized carbons (Fsp3) is 0.167. The maximum atomic E-state index is 13.7. The van der Waals surface area contributed by atoms with E-state index in [9.17, 15) is 68.5 Å². The second kappa shape index (κ2) is 9.79. The lowest BCUT2D eigenvalue weighted by molar-refractivity contribution is -0.144. The molecule has 0 fully saturated rings. The Kier molecular flexibility index (Phi) is 7.44. The minimum Gasteiger partial charge on any atom is -0.192 e. The molecule has 40 heavy (non-hydrogen) atoms. The summed E-state index contributed by atoms with van der Waals surface area (Å²) in [5.74, 6) is 0. The summed E-state index contributed by atoms with van der Waals surface area (Å²) < 4.78 is 164. The number of alkyl halides is 12. The molecular formula is C24H8F12N3P. The zero-order valence-electron chi connectivity index (χ0n) is 18.9. The molecule has 0 N–H and O–H groups in total. The van der Waals surface area contributed by atoms with Crippen molar-refractivity contribution < 1.29 is 52.7 Å². The Morgan fingerprint density at radius 3 is 1.07 bits per heavy atom. The Hall–Kier alpha value is -4.15. The van der Waals surface area contributed by atoms with Crippen LogP contribution in [0.2, 0.25) is 0 Å². The van der Waals surface area contributed by atoms with Crippen LogP contribution in [0.1, 0.15) is 22.3 Å². The first kappa shape index (κ1) is 30.4. The van der Waals surface area contributed by atoms with Gasteiger partial charge in [-0.3, -0.25) is 0 Å². The van der Waals surface area contributed by atoms with Gasteiger partial charge in [0.1, 0.15) is 12.1 Å². The van der Waals surface area contributed by atoms with E-state index in [4.69, 9.17) is 0 Å². The molecule has 0 radical (unpaired) electrons. The maximum Gasteiger partial charge on any atom is 0.416 e. The molecule has 0 bridgehead atoms. The van der Waals surface area contributed by atoms with E-state index in [1.807, 2.05) is 0 Å². The SMILES string of the molecule is N#CC1=CC(C#N)=P(c2cc(C(F)(F)F)cc(C(F)(F)F)c2)(c2cc(C(F)(F)F)cc(C(F)(F)F)c2)C(C#N)=C1. The normalized spacial score (nSPS) is 15.9. The highest BCUT2D eigenvalue weighted by atomic mass is 31.2. The Morgan fingerprint density at radius 2 is 0.825 bits per heavy atom. The molecule has 2 aromatic rings. The van der Waals surface area contributed by atoms with Gasteiger partial charge in [0, 0.05) is 6.89 Å². The summed E-state index contributed by atoms with van der Waals surface area (Å²) in [6, 6.07) is 3.68. The van der Waals surface area contributed by atoms with Gasteiger partial charge >= 0.3 is 24.7 Å². The van der Waals surface area contributed by atoms with Gasteiger partial charge in [0.05, 0.1) is 44.5 Å². The third kappa shape index (κ3) is 5.45. The van der Waals surface area contributed by atoms with E-state index < -0.39 is 80.6 Å². The molecule has 1 aliphatic rings. The molecule has 0 amide bonds. The van der Waals surface area contributed by atoms with Gasteiger partial charge in [0.2, 0.25) is 0 Å². The van der Waals surface area contributed by atoms with Gasteiger partial charge in [0.15, 0.2) is 0 Å². The molecule has 2 aromatic carbocycles. The molecule has 3 rings (SSSR count). The average molecular weight is 597 g/mol. The largest absolute Gasteiger partial charge is 0.416 e. The lowest BCUT2D eigenvalue weighted by Gasteiger charge is -2.32. The van der Waals surface area contributed by atoms with E-state index >= 15 is 0 Å². The molecule has 1 aliphatic heterocycles. The second-order valence-electron chi connectivity index (χ2n) is 8.05. The Bertz CT molecular complexity index is 1480. The Morgan fingerprint density at radius 1 is 0.475 bits per heavy atom. The first-order valence-electron chi connectivity index (χ1n) is 10.2. The summed E-state index contributed by atoms with van der Waals surface area (Å²) >= 11 is 0. The maximum absolute atomic E-state index is 13.7. The van der Waals surface area contributed by atoms with Crippen LogP contribution in [0.15, 0.2) is 59.4 Å². The van der Waals surface area contributed by atoms with E-state index in [1.165, 1.54) is 18.2 Å². The predicted molar refractivity (Wildman–Crippen MR) is 117 cm³/mol. The molecule has 0 atom stereocenters. The zero-order valence-corrected chi connectivity index (χ0v) is 19.8. The molecule has 1 heterocycles. The average Bonchev–Trinajstić information content (AvgIpc) is 2.84. The quantitative estimate of drug-likeness (QED) is 0.270. The van der Waals surface area contributed by atoms with Crippen molar-refractivity contribution in [3.8, 4) is 18.2 Å². The Labute approximate surface area is 216 Å². The molecule has 208 valence electrons. The summed E-state index contributed by atoms with van der Waals surface area (Å²) in [5, 5.41) is 24.7. The van der Waals surface area contributed by atoms with Crippen molar-refractivity contribution in [1.82, 2.24) is 0 Å². The smallest absolute Gasteiger partial charge is 0.192 e. The van der Waals surface area contributed by atoms with Crippen molar-refractivity contribution in [3.63, 3.8) is 0 Å². The van der Waals surface area contributed by atoms with Gasteiger partial charge in [-0.2, -0.15) is 68.5 Å². The van der Waals surface area contributed by atoms with Crippen LogP contribution in [-0.2, 0) is 24.7 Å². The van der Waals surface area contributed by atoms with E-state index in [-0.39, 0.29) is 36.4 Å². The van der Waals surface area contributed by atoms with Crippen LogP contribution in [0.25, 0.3) is 0 Å². The number of nitrogens with zero attached hydrogens (tertiary/aromatic N) is 3. The highest BCUT2D eigenvalue weighted by Gasteiger charge is 2.44. The minimum absolute atomic E-state index is 0.0320. The summed E-state index contributed by atoms with van der Waals surface area (Å²) in [5.41, 5.74) is -8.53. The van der Waals surface area contributed by atoms with E-state index in [0.717, 1.165) is 0 Å². The first-order chi connectivity index (χ1) is 18.2. The zero-order chi connectivity index (χ0) is 30.5. The molecule has 0 saturated heterocycles. The topological polar surface area (TPSA) is 71.4 Å². The lowest BCUT2D eigenvalue weighted by atomic mass is 10.1. The summed E-state index contributed by atoms with van der Waals surface area (Å²) in [7, 11) is 0. The van der Waals surface area contributed by atoms with Crippen LogP contribution in [0.3, 0.4) is 0 Å². The molecule has 0 unspecified atom stereocenters. The Balaban J connectivity index is 2.77. The molecule has 3 nitrogen and oxygen atoms in total. The summed E-state index contributed by atoms with van der Waals surface area (Å²) in [4.78, 5) is 0. The van der Waals surface area contributed by atoms with Crippen molar-refractivity contribution >= 4 is 22.8 Å². The fourth-order valence-electron chi connectivity index (χ4n) is 3.91. The molecule has 0 aromatic heterocycles. The van der Waals surface area contributed by atoms with Gasteiger partial charge in [-0.05, 0) is 59.2 Å². The molecule has 0 spiro atoms. The standard InChI is InChI=1S/C24H8F12N3P/c25-21(26,27)13-3-14(22(28,29)30)6-17(5-13)40(19(10-38)1-12(9-37)2-20(40)11-39)18-7-15(23(31,32)33)4-16(8-18)24(34,35)36/h1-8H. The third-order valence-corrected chi connectivity index (χ3v) is 9.55. The number of allylic oxidation sites excluding steroid dienone is 4.